The average Bonchev–Trinajstić information content (AvgIpc) is 2.89. The molecule has 2 rings (SSSR count). The lowest BCUT2D eigenvalue weighted by Gasteiger charge is -2.18. The van der Waals surface area contributed by atoms with E-state index in [1.54, 1.807) is 16.7 Å². The Labute approximate surface area is 107 Å². The molecule has 1 heterocycles. The van der Waals surface area contributed by atoms with Crippen molar-refractivity contribution in [3.8, 4) is 0 Å². The van der Waals surface area contributed by atoms with Gasteiger partial charge < -0.3 is 10.2 Å². The Kier molecular flexibility index (Phi) is 4.45. The van der Waals surface area contributed by atoms with E-state index in [0.717, 1.165) is 18.8 Å². The minimum absolute atomic E-state index is 0.174. The third-order valence-electron chi connectivity index (χ3n) is 2.98. The van der Waals surface area contributed by atoms with Crippen molar-refractivity contribution < 1.29 is 4.79 Å². The van der Waals surface area contributed by atoms with Crippen LogP contribution in [0.2, 0.25) is 0 Å². The number of carbonyl (C=O) groups is 1. The number of benzene rings is 1. The fourth-order valence-corrected chi connectivity index (χ4v) is 2.94. The van der Waals surface area contributed by atoms with E-state index >= 15 is 0 Å². The van der Waals surface area contributed by atoms with Gasteiger partial charge in [0.2, 0.25) is 5.91 Å². The number of carbonyl (C=O) groups excluding carboxylic acids is 1. The molecule has 3 nitrogen and oxygen atoms in total. The highest BCUT2D eigenvalue weighted by Gasteiger charge is 2.18. The number of rotatable bonds is 4. The van der Waals surface area contributed by atoms with Crippen LogP contribution in [0.3, 0.4) is 0 Å². The van der Waals surface area contributed by atoms with Crippen LogP contribution in [-0.2, 0) is 4.79 Å². The van der Waals surface area contributed by atoms with Crippen LogP contribution in [0.5, 0.6) is 0 Å². The fourth-order valence-electron chi connectivity index (χ4n) is 1.85. The first-order valence-corrected chi connectivity index (χ1v) is 6.96. The van der Waals surface area contributed by atoms with E-state index in [4.69, 9.17) is 0 Å². The van der Waals surface area contributed by atoms with Crippen LogP contribution in [0.15, 0.2) is 30.3 Å². The summed E-state index contributed by atoms with van der Waals surface area (Å²) in [6.07, 6.45) is 1.17. The monoisotopic (exact) mass is 250 g/mol. The number of para-hydroxylation sites is 1. The Morgan fingerprint density at radius 3 is 2.88 bits per heavy atom. The van der Waals surface area contributed by atoms with Gasteiger partial charge in [-0.05, 0) is 25.1 Å². The number of hydrogen-bond donors (Lipinski definition) is 1. The van der Waals surface area contributed by atoms with E-state index < -0.39 is 0 Å². The Hall–Kier alpha value is -1.00. The zero-order valence-corrected chi connectivity index (χ0v) is 10.9. The van der Waals surface area contributed by atoms with Crippen molar-refractivity contribution in [3.63, 3.8) is 0 Å². The molecule has 1 aliphatic heterocycles. The summed E-state index contributed by atoms with van der Waals surface area (Å²) >= 11 is 1.76. The third-order valence-corrected chi connectivity index (χ3v) is 4.26. The summed E-state index contributed by atoms with van der Waals surface area (Å²) in [7, 11) is 1.84. The topological polar surface area (TPSA) is 32.3 Å². The van der Waals surface area contributed by atoms with Crippen LogP contribution in [0.4, 0.5) is 5.69 Å². The molecule has 1 N–H and O–H groups in total. The average molecular weight is 250 g/mol. The van der Waals surface area contributed by atoms with E-state index in [1.165, 1.54) is 6.42 Å². The molecule has 1 saturated heterocycles. The predicted molar refractivity (Wildman–Crippen MR) is 73.6 cm³/mol. The second kappa shape index (κ2) is 6.07. The standard InChI is InChI=1S/C13H18N2OS/c1-15(11-5-3-2-4-6-11)13(16)10-17-12-7-8-14-9-12/h2-6,12,14H,7-10H2,1H3. The zero-order chi connectivity index (χ0) is 12.1. The Bertz CT molecular complexity index is 363. The van der Waals surface area contributed by atoms with E-state index in [1.807, 2.05) is 37.4 Å². The number of amides is 1. The first-order chi connectivity index (χ1) is 8.27. The number of hydrogen-bond acceptors (Lipinski definition) is 3. The van der Waals surface area contributed by atoms with Crippen LogP contribution >= 0.6 is 11.8 Å². The van der Waals surface area contributed by atoms with Gasteiger partial charge in [-0.3, -0.25) is 4.79 Å². The molecule has 1 unspecified atom stereocenters. The Morgan fingerprint density at radius 2 is 2.24 bits per heavy atom. The minimum atomic E-state index is 0.174. The van der Waals surface area contributed by atoms with Gasteiger partial charge in [-0.15, -0.1) is 11.8 Å². The number of nitrogens with one attached hydrogen (secondary N) is 1. The highest BCUT2D eigenvalue weighted by molar-refractivity contribution is 8.00. The molecule has 4 heteroatoms. The van der Waals surface area contributed by atoms with E-state index in [-0.39, 0.29) is 5.91 Å². The number of anilines is 1. The van der Waals surface area contributed by atoms with Crippen LogP contribution in [0.25, 0.3) is 0 Å². The summed E-state index contributed by atoms with van der Waals surface area (Å²) in [6, 6.07) is 9.78. The van der Waals surface area contributed by atoms with Crippen LogP contribution in [-0.4, -0.2) is 37.0 Å². The van der Waals surface area contributed by atoms with Crippen molar-refractivity contribution in [1.82, 2.24) is 5.32 Å². The maximum absolute atomic E-state index is 12.0. The molecule has 1 amide bonds. The fraction of sp³-hybridized carbons (Fsp3) is 0.462. The minimum Gasteiger partial charge on any atom is -0.316 e. The molecule has 1 aromatic carbocycles. The van der Waals surface area contributed by atoms with Gasteiger partial charge in [0.05, 0.1) is 5.75 Å². The summed E-state index contributed by atoms with van der Waals surface area (Å²) in [6.45, 7) is 2.12. The van der Waals surface area contributed by atoms with E-state index in [9.17, 15) is 4.79 Å². The van der Waals surface area contributed by atoms with Crippen molar-refractivity contribution in [2.75, 3.05) is 30.8 Å². The molecule has 0 saturated carbocycles. The molecule has 17 heavy (non-hydrogen) atoms. The normalized spacial score (nSPS) is 19.2. The zero-order valence-electron chi connectivity index (χ0n) is 10.1. The van der Waals surface area contributed by atoms with Gasteiger partial charge in [0.25, 0.3) is 0 Å². The van der Waals surface area contributed by atoms with Crippen molar-refractivity contribution in [2.45, 2.75) is 11.7 Å². The molecule has 92 valence electrons. The number of nitrogens with zero attached hydrogens (tertiary/aromatic N) is 1. The van der Waals surface area contributed by atoms with Crippen molar-refractivity contribution >= 4 is 23.4 Å². The summed E-state index contributed by atoms with van der Waals surface area (Å²) in [5.74, 6) is 0.741. The number of thioether (sulfide) groups is 1. The molecule has 0 aliphatic carbocycles. The van der Waals surface area contributed by atoms with Gasteiger partial charge in [0.15, 0.2) is 0 Å². The van der Waals surface area contributed by atoms with Crippen LogP contribution in [0, 0.1) is 0 Å². The lowest BCUT2D eigenvalue weighted by Crippen LogP contribution is -2.28. The molecule has 1 aliphatic rings. The lowest BCUT2D eigenvalue weighted by molar-refractivity contribution is -0.115. The van der Waals surface area contributed by atoms with Gasteiger partial charge in [-0.2, -0.15) is 0 Å². The Morgan fingerprint density at radius 1 is 1.47 bits per heavy atom. The summed E-state index contributed by atoms with van der Waals surface area (Å²) < 4.78 is 0. The molecule has 1 aromatic rings. The molecule has 1 fully saturated rings. The Balaban J connectivity index is 1.83. The molecule has 1 atom stereocenters. The quantitative estimate of drug-likeness (QED) is 0.883. The molecule has 0 aromatic heterocycles. The van der Waals surface area contributed by atoms with Gasteiger partial charge >= 0.3 is 0 Å². The lowest BCUT2D eigenvalue weighted by atomic mass is 10.3. The van der Waals surface area contributed by atoms with Crippen LogP contribution in [0.1, 0.15) is 6.42 Å². The second-order valence-corrected chi connectivity index (χ2v) is 5.50. The molecule has 0 bridgehead atoms. The van der Waals surface area contributed by atoms with Gasteiger partial charge in [-0.1, -0.05) is 18.2 Å². The molecular formula is C13H18N2OS. The highest BCUT2D eigenvalue weighted by Crippen LogP contribution is 2.19. The molecular weight excluding hydrogens is 232 g/mol. The van der Waals surface area contributed by atoms with E-state index in [2.05, 4.69) is 5.32 Å². The van der Waals surface area contributed by atoms with Gasteiger partial charge in [0.1, 0.15) is 0 Å². The van der Waals surface area contributed by atoms with Gasteiger partial charge in [-0.25, -0.2) is 0 Å². The first-order valence-electron chi connectivity index (χ1n) is 5.91. The molecule has 0 radical (unpaired) electrons. The third kappa shape index (κ3) is 3.48. The smallest absolute Gasteiger partial charge is 0.236 e. The summed E-state index contributed by atoms with van der Waals surface area (Å²) in [5.41, 5.74) is 0.961. The largest absolute Gasteiger partial charge is 0.316 e. The van der Waals surface area contributed by atoms with Gasteiger partial charge in [0, 0.05) is 24.5 Å². The van der Waals surface area contributed by atoms with Crippen molar-refractivity contribution in [1.29, 1.82) is 0 Å². The van der Waals surface area contributed by atoms with Crippen LogP contribution < -0.4 is 10.2 Å². The van der Waals surface area contributed by atoms with E-state index in [0.29, 0.717) is 11.0 Å². The van der Waals surface area contributed by atoms with Crippen molar-refractivity contribution in [3.05, 3.63) is 30.3 Å². The molecule has 0 spiro atoms. The van der Waals surface area contributed by atoms with Crippen molar-refractivity contribution in [2.24, 2.45) is 0 Å². The SMILES string of the molecule is CN(C(=O)CSC1CCNC1)c1ccccc1. The summed E-state index contributed by atoms with van der Waals surface area (Å²) in [4.78, 5) is 13.7. The highest BCUT2D eigenvalue weighted by atomic mass is 32.2. The predicted octanol–water partition coefficient (Wildman–Crippen LogP) is 1.74. The first kappa shape index (κ1) is 12.5. The maximum Gasteiger partial charge on any atom is 0.236 e. The maximum atomic E-state index is 12.0. The summed E-state index contributed by atoms with van der Waals surface area (Å²) in [5, 5.41) is 3.91. The second-order valence-electron chi connectivity index (χ2n) is 4.21.